The maximum absolute atomic E-state index is 4.93. The summed E-state index contributed by atoms with van der Waals surface area (Å²) in [6.07, 6.45) is 5.40. The van der Waals surface area contributed by atoms with Crippen LogP contribution in [0.25, 0.3) is 44.2 Å². The average Bonchev–Trinajstić information content (AvgIpc) is 3.17. The minimum atomic E-state index is 0.732. The summed E-state index contributed by atoms with van der Waals surface area (Å²) in [6.45, 7) is 0. The minimum absolute atomic E-state index is 0.732. The highest BCUT2D eigenvalue weighted by Gasteiger charge is 2.14. The van der Waals surface area contributed by atoms with Crippen LogP contribution in [0.4, 0.5) is 0 Å². The van der Waals surface area contributed by atoms with E-state index in [2.05, 4.69) is 38.5 Å². The van der Waals surface area contributed by atoms with Crippen LogP contribution in [0.3, 0.4) is 0 Å². The van der Waals surface area contributed by atoms with E-state index in [1.54, 1.807) is 18.6 Å². The number of aromatic nitrogens is 4. The van der Waals surface area contributed by atoms with Gasteiger partial charge >= 0.3 is 0 Å². The minimum Gasteiger partial charge on any atom is -0.265 e. The normalized spacial score (nSPS) is 11.2. The van der Waals surface area contributed by atoms with Crippen molar-refractivity contribution >= 4 is 21.9 Å². The number of hydrogen-bond acceptors (Lipinski definition) is 5. The number of benzene rings is 2. The van der Waals surface area contributed by atoms with Crippen LogP contribution in [0.2, 0.25) is 0 Å². The van der Waals surface area contributed by atoms with E-state index >= 15 is 0 Å². The molecule has 0 saturated heterocycles. The Balaban J connectivity index is 1.87. The molecule has 2 aromatic carbocycles. The molecule has 5 nitrogen and oxygen atoms in total. The van der Waals surface area contributed by atoms with Gasteiger partial charge in [-0.15, -0.1) is 0 Å². The molecule has 0 unspecified atom stereocenters. The third kappa shape index (κ3) is 2.25. The Labute approximate surface area is 142 Å². The van der Waals surface area contributed by atoms with Gasteiger partial charge < -0.3 is 0 Å². The number of pyridine rings is 2. The third-order valence-corrected chi connectivity index (χ3v) is 4.29. The standard InChI is InChI=1S/C20H12N4O/c1-4-16(20-18(5-1)23-25-24-20)17-12-15(13-6-9-21-10-7-13)11-14-3-2-8-22-19(14)17/h1-12H. The van der Waals surface area contributed by atoms with Crippen LogP contribution in [0, 0.1) is 0 Å². The predicted molar refractivity (Wildman–Crippen MR) is 95.8 cm³/mol. The summed E-state index contributed by atoms with van der Waals surface area (Å²) in [6, 6.07) is 18.1. The lowest BCUT2D eigenvalue weighted by molar-refractivity contribution is 0.315. The lowest BCUT2D eigenvalue weighted by Gasteiger charge is -2.10. The van der Waals surface area contributed by atoms with Crippen LogP contribution in [-0.2, 0) is 0 Å². The second kappa shape index (κ2) is 5.49. The van der Waals surface area contributed by atoms with Crippen LogP contribution in [-0.4, -0.2) is 20.3 Å². The molecule has 0 N–H and O–H groups in total. The van der Waals surface area contributed by atoms with Gasteiger partial charge in [0.2, 0.25) is 0 Å². The van der Waals surface area contributed by atoms with Crippen LogP contribution >= 0.6 is 0 Å². The zero-order valence-electron chi connectivity index (χ0n) is 13.1. The second-order valence-corrected chi connectivity index (χ2v) is 5.77. The molecule has 0 atom stereocenters. The van der Waals surface area contributed by atoms with Crippen LogP contribution in [0.1, 0.15) is 0 Å². The molecule has 5 rings (SSSR count). The average molecular weight is 324 g/mol. The third-order valence-electron chi connectivity index (χ3n) is 4.29. The molecule has 5 heteroatoms. The summed E-state index contributed by atoms with van der Waals surface area (Å²) in [7, 11) is 0. The van der Waals surface area contributed by atoms with Gasteiger partial charge in [0, 0.05) is 35.1 Å². The largest absolute Gasteiger partial charge is 0.265 e. The quantitative estimate of drug-likeness (QED) is 0.478. The van der Waals surface area contributed by atoms with E-state index in [0.717, 1.165) is 44.2 Å². The van der Waals surface area contributed by atoms with Crippen LogP contribution in [0.15, 0.2) is 77.8 Å². The van der Waals surface area contributed by atoms with E-state index in [4.69, 9.17) is 4.63 Å². The van der Waals surface area contributed by atoms with Crippen molar-refractivity contribution in [3.63, 3.8) is 0 Å². The monoisotopic (exact) mass is 324 g/mol. The highest BCUT2D eigenvalue weighted by atomic mass is 16.6. The summed E-state index contributed by atoms with van der Waals surface area (Å²) >= 11 is 0. The van der Waals surface area contributed by atoms with Crippen LogP contribution in [0.5, 0.6) is 0 Å². The van der Waals surface area contributed by atoms with Crippen molar-refractivity contribution in [3.05, 3.63) is 73.2 Å². The first kappa shape index (κ1) is 13.8. The number of hydrogen-bond donors (Lipinski definition) is 0. The van der Waals surface area contributed by atoms with E-state index < -0.39 is 0 Å². The van der Waals surface area contributed by atoms with Crippen molar-refractivity contribution in [1.82, 2.24) is 20.3 Å². The molecule has 25 heavy (non-hydrogen) atoms. The van der Waals surface area contributed by atoms with E-state index in [1.807, 2.05) is 36.4 Å². The smallest absolute Gasteiger partial charge is 0.143 e. The van der Waals surface area contributed by atoms with E-state index in [9.17, 15) is 0 Å². The molecule has 0 saturated carbocycles. The first-order chi connectivity index (χ1) is 12.4. The Kier molecular flexibility index (Phi) is 3.03. The lowest BCUT2D eigenvalue weighted by Crippen LogP contribution is -1.89. The fraction of sp³-hybridized carbons (Fsp3) is 0. The SMILES string of the molecule is c1cnc2c(-c3cccc4nonc34)cc(-c3ccncc3)cc2c1. The summed E-state index contributed by atoms with van der Waals surface area (Å²) in [5, 5.41) is 9.10. The van der Waals surface area contributed by atoms with Crippen molar-refractivity contribution in [2.24, 2.45) is 0 Å². The number of nitrogens with zero attached hydrogens (tertiary/aromatic N) is 4. The summed E-state index contributed by atoms with van der Waals surface area (Å²) in [5.74, 6) is 0. The first-order valence-corrected chi connectivity index (χ1v) is 7.91. The van der Waals surface area contributed by atoms with Gasteiger partial charge in [-0.05, 0) is 57.8 Å². The van der Waals surface area contributed by atoms with Gasteiger partial charge in [-0.1, -0.05) is 18.2 Å². The topological polar surface area (TPSA) is 64.7 Å². The van der Waals surface area contributed by atoms with Crippen molar-refractivity contribution in [2.75, 3.05) is 0 Å². The Morgan fingerprint density at radius 3 is 2.52 bits per heavy atom. The van der Waals surface area contributed by atoms with E-state index in [0.29, 0.717) is 0 Å². The van der Waals surface area contributed by atoms with Gasteiger partial charge in [-0.25, -0.2) is 4.63 Å². The zero-order chi connectivity index (χ0) is 16.6. The van der Waals surface area contributed by atoms with Crippen molar-refractivity contribution in [2.45, 2.75) is 0 Å². The summed E-state index contributed by atoms with van der Waals surface area (Å²) in [4.78, 5) is 8.70. The lowest BCUT2D eigenvalue weighted by atomic mass is 9.95. The molecule has 118 valence electrons. The Bertz CT molecular complexity index is 1200. The van der Waals surface area contributed by atoms with Gasteiger partial charge in [0.1, 0.15) is 11.0 Å². The fourth-order valence-corrected chi connectivity index (χ4v) is 3.13. The molecule has 0 aliphatic carbocycles. The summed E-state index contributed by atoms with van der Waals surface area (Å²) < 4.78 is 4.93. The molecule has 5 aromatic rings. The molecule has 0 fully saturated rings. The van der Waals surface area contributed by atoms with Crippen molar-refractivity contribution in [3.8, 4) is 22.3 Å². The number of fused-ring (bicyclic) bond motifs is 2. The van der Waals surface area contributed by atoms with Gasteiger partial charge in [-0.3, -0.25) is 9.97 Å². The number of rotatable bonds is 2. The molecular formula is C20H12N4O. The van der Waals surface area contributed by atoms with E-state index in [1.165, 1.54) is 0 Å². The van der Waals surface area contributed by atoms with Gasteiger partial charge in [0.25, 0.3) is 0 Å². The molecule has 0 aliphatic heterocycles. The Morgan fingerprint density at radius 1 is 0.680 bits per heavy atom. The van der Waals surface area contributed by atoms with Crippen LogP contribution < -0.4 is 0 Å². The highest BCUT2D eigenvalue weighted by Crippen LogP contribution is 2.35. The Morgan fingerprint density at radius 2 is 1.60 bits per heavy atom. The zero-order valence-corrected chi connectivity index (χ0v) is 13.1. The molecular weight excluding hydrogens is 312 g/mol. The highest BCUT2D eigenvalue weighted by molar-refractivity contribution is 6.03. The molecule has 3 heterocycles. The Hall–Kier alpha value is -3.60. The van der Waals surface area contributed by atoms with Gasteiger partial charge in [0.15, 0.2) is 0 Å². The first-order valence-electron chi connectivity index (χ1n) is 7.91. The molecule has 0 spiro atoms. The van der Waals surface area contributed by atoms with Crippen molar-refractivity contribution in [1.29, 1.82) is 0 Å². The maximum Gasteiger partial charge on any atom is 0.143 e. The second-order valence-electron chi connectivity index (χ2n) is 5.77. The van der Waals surface area contributed by atoms with Gasteiger partial charge in [0.05, 0.1) is 5.52 Å². The molecule has 0 amide bonds. The fourth-order valence-electron chi connectivity index (χ4n) is 3.13. The molecule has 3 aromatic heterocycles. The molecule has 0 radical (unpaired) electrons. The predicted octanol–water partition coefficient (Wildman–Crippen LogP) is 4.50. The van der Waals surface area contributed by atoms with Crippen molar-refractivity contribution < 1.29 is 4.63 Å². The van der Waals surface area contributed by atoms with Gasteiger partial charge in [-0.2, -0.15) is 0 Å². The molecule has 0 aliphatic rings. The maximum atomic E-state index is 4.93. The summed E-state index contributed by atoms with van der Waals surface area (Å²) in [5.41, 5.74) is 6.57. The molecule has 0 bridgehead atoms. The van der Waals surface area contributed by atoms with E-state index in [-0.39, 0.29) is 0 Å².